The lowest BCUT2D eigenvalue weighted by molar-refractivity contribution is -0.132. The van der Waals surface area contributed by atoms with Gasteiger partial charge in [-0.2, -0.15) is 0 Å². The minimum absolute atomic E-state index is 0.187. The van der Waals surface area contributed by atoms with Crippen LogP contribution in [0.4, 0.5) is 5.69 Å². The van der Waals surface area contributed by atoms with Gasteiger partial charge in [0.25, 0.3) is 17.7 Å². The molecule has 10 heteroatoms. The second-order valence-corrected chi connectivity index (χ2v) is 7.13. The predicted molar refractivity (Wildman–Crippen MR) is 127 cm³/mol. The lowest BCUT2D eigenvalue weighted by Crippen LogP contribution is -2.41. The Labute approximate surface area is 201 Å². The smallest absolute Gasteiger partial charge is 0.308 e. The molecule has 0 aromatic heterocycles. The number of nitrogens with one attached hydrogen (secondary N) is 3. The highest BCUT2D eigenvalue weighted by Crippen LogP contribution is 2.28. The van der Waals surface area contributed by atoms with Crippen molar-refractivity contribution in [1.29, 1.82) is 0 Å². The van der Waals surface area contributed by atoms with Crippen LogP contribution in [0.5, 0.6) is 17.2 Å². The van der Waals surface area contributed by atoms with E-state index < -0.39 is 23.7 Å². The number of hydrogen-bond acceptors (Lipinski definition) is 7. The van der Waals surface area contributed by atoms with Crippen LogP contribution in [-0.2, 0) is 4.79 Å². The minimum Gasteiger partial charge on any atom is -0.497 e. The Bertz CT molecular complexity index is 1260. The number of amides is 3. The quantitative estimate of drug-likeness (QED) is 0.271. The fraction of sp³-hybridized carbons (Fsp3) is 0.120. The summed E-state index contributed by atoms with van der Waals surface area (Å²) in [7, 11) is 2.91. The zero-order valence-electron chi connectivity index (χ0n) is 19.2. The summed E-state index contributed by atoms with van der Waals surface area (Å²) in [5.74, 6) is -1.06. The lowest BCUT2D eigenvalue weighted by Gasteiger charge is -2.11. The van der Waals surface area contributed by atoms with Crippen LogP contribution in [0, 0.1) is 0 Å². The number of hydrazine groups is 1. The van der Waals surface area contributed by atoms with E-state index in [2.05, 4.69) is 16.2 Å². The highest BCUT2D eigenvalue weighted by Gasteiger charge is 2.14. The largest absolute Gasteiger partial charge is 0.497 e. The van der Waals surface area contributed by atoms with Crippen molar-refractivity contribution in [3.05, 3.63) is 83.4 Å². The number of carbonyl (C=O) groups excluding carboxylic acids is 4. The number of methoxy groups -OCH3 is 2. The van der Waals surface area contributed by atoms with Gasteiger partial charge in [0.15, 0.2) is 11.5 Å². The van der Waals surface area contributed by atoms with Crippen LogP contribution in [0.2, 0.25) is 0 Å². The molecule has 0 unspecified atom stereocenters. The van der Waals surface area contributed by atoms with Crippen molar-refractivity contribution >= 4 is 29.4 Å². The summed E-state index contributed by atoms with van der Waals surface area (Å²) in [5.41, 5.74) is 5.82. The Hall–Kier alpha value is -4.86. The zero-order chi connectivity index (χ0) is 25.4. The van der Waals surface area contributed by atoms with Crippen molar-refractivity contribution in [3.8, 4) is 17.2 Å². The number of ether oxygens (including phenoxy) is 3. The molecule has 0 saturated heterocycles. The Balaban J connectivity index is 1.63. The van der Waals surface area contributed by atoms with Gasteiger partial charge in [-0.3, -0.25) is 30.0 Å². The molecule has 0 radical (unpaired) electrons. The van der Waals surface area contributed by atoms with Gasteiger partial charge >= 0.3 is 5.97 Å². The van der Waals surface area contributed by atoms with Crippen LogP contribution in [0.25, 0.3) is 0 Å². The van der Waals surface area contributed by atoms with E-state index >= 15 is 0 Å². The number of esters is 1. The normalized spacial score (nSPS) is 10.0. The van der Waals surface area contributed by atoms with Gasteiger partial charge < -0.3 is 19.5 Å². The topological polar surface area (TPSA) is 132 Å². The molecule has 0 aliphatic heterocycles. The van der Waals surface area contributed by atoms with Gasteiger partial charge in [0.05, 0.1) is 14.2 Å². The van der Waals surface area contributed by atoms with E-state index in [0.717, 1.165) is 0 Å². The van der Waals surface area contributed by atoms with E-state index in [0.29, 0.717) is 17.0 Å². The fourth-order valence-electron chi connectivity index (χ4n) is 2.99. The second kappa shape index (κ2) is 11.3. The third-order valence-corrected chi connectivity index (χ3v) is 4.70. The molecule has 3 rings (SSSR count). The summed E-state index contributed by atoms with van der Waals surface area (Å²) < 4.78 is 15.3. The van der Waals surface area contributed by atoms with Crippen molar-refractivity contribution in [3.63, 3.8) is 0 Å². The van der Waals surface area contributed by atoms with Crippen LogP contribution in [-0.4, -0.2) is 37.9 Å². The number of rotatable bonds is 7. The molecule has 0 heterocycles. The number of benzene rings is 3. The third kappa shape index (κ3) is 6.57. The average Bonchev–Trinajstić information content (AvgIpc) is 2.87. The first kappa shape index (κ1) is 24.8. The van der Waals surface area contributed by atoms with Gasteiger partial charge in [0, 0.05) is 29.3 Å². The maximum Gasteiger partial charge on any atom is 0.308 e. The lowest BCUT2D eigenvalue weighted by atomic mass is 10.1. The van der Waals surface area contributed by atoms with Crippen LogP contribution in [0.1, 0.15) is 38.0 Å². The summed E-state index contributed by atoms with van der Waals surface area (Å²) in [4.78, 5) is 48.6. The molecule has 3 amide bonds. The molecule has 3 N–H and O–H groups in total. The van der Waals surface area contributed by atoms with Crippen LogP contribution in [0.15, 0.2) is 66.7 Å². The van der Waals surface area contributed by atoms with E-state index in [-0.39, 0.29) is 22.6 Å². The predicted octanol–water partition coefficient (Wildman–Crippen LogP) is 2.96. The summed E-state index contributed by atoms with van der Waals surface area (Å²) in [6, 6.07) is 16.9. The third-order valence-electron chi connectivity index (χ3n) is 4.70. The summed E-state index contributed by atoms with van der Waals surface area (Å²) >= 11 is 0. The standard InChI is InChI=1S/C25H23N3O7/c1-15(29)35-21-12-9-18(14-22(21)34-3)23(30)26-19-6-4-5-17(13-19)25(32)28-27-24(31)16-7-10-20(33-2)11-8-16/h4-14H,1-3H3,(H,26,30)(H,27,31)(H,28,32). The van der Waals surface area contributed by atoms with Crippen molar-refractivity contribution in [2.75, 3.05) is 19.5 Å². The maximum atomic E-state index is 12.7. The summed E-state index contributed by atoms with van der Waals surface area (Å²) in [6.45, 7) is 1.26. The van der Waals surface area contributed by atoms with Gasteiger partial charge in [0.2, 0.25) is 0 Å². The molecule has 0 spiro atoms. The molecule has 0 aliphatic carbocycles. The molecule has 0 bridgehead atoms. The van der Waals surface area contributed by atoms with Crippen molar-refractivity contribution in [2.24, 2.45) is 0 Å². The number of carbonyl (C=O) groups is 4. The van der Waals surface area contributed by atoms with E-state index in [1.165, 1.54) is 51.5 Å². The molecule has 0 saturated carbocycles. The Morgan fingerprint density at radius 1 is 0.657 bits per heavy atom. The Kier molecular flexibility index (Phi) is 8.02. The van der Waals surface area contributed by atoms with Crippen LogP contribution >= 0.6 is 0 Å². The molecule has 0 fully saturated rings. The SMILES string of the molecule is COc1ccc(C(=O)NNC(=O)c2cccc(NC(=O)c3ccc(OC(C)=O)c(OC)c3)c2)cc1. The summed E-state index contributed by atoms with van der Waals surface area (Å²) in [5, 5.41) is 2.69. The van der Waals surface area contributed by atoms with Crippen molar-refractivity contribution < 1.29 is 33.4 Å². The van der Waals surface area contributed by atoms with Crippen molar-refractivity contribution in [2.45, 2.75) is 6.92 Å². The van der Waals surface area contributed by atoms with Crippen LogP contribution < -0.4 is 30.4 Å². The molecule has 10 nitrogen and oxygen atoms in total. The fourth-order valence-corrected chi connectivity index (χ4v) is 2.99. The maximum absolute atomic E-state index is 12.7. The van der Waals surface area contributed by atoms with Crippen molar-refractivity contribution in [1.82, 2.24) is 10.9 Å². The monoisotopic (exact) mass is 477 g/mol. The molecular weight excluding hydrogens is 454 g/mol. The van der Waals surface area contributed by atoms with E-state index in [9.17, 15) is 19.2 Å². The van der Waals surface area contributed by atoms with Gasteiger partial charge in [-0.25, -0.2) is 0 Å². The first-order chi connectivity index (χ1) is 16.8. The second-order valence-electron chi connectivity index (χ2n) is 7.13. The van der Waals surface area contributed by atoms with Crippen LogP contribution in [0.3, 0.4) is 0 Å². The van der Waals surface area contributed by atoms with Gasteiger partial charge in [-0.05, 0) is 60.7 Å². The zero-order valence-corrected chi connectivity index (χ0v) is 19.2. The van der Waals surface area contributed by atoms with E-state index in [1.807, 2.05) is 0 Å². The molecule has 0 atom stereocenters. The van der Waals surface area contributed by atoms with E-state index in [4.69, 9.17) is 14.2 Å². The minimum atomic E-state index is -0.574. The first-order valence-corrected chi connectivity index (χ1v) is 10.3. The Morgan fingerprint density at radius 2 is 1.29 bits per heavy atom. The van der Waals surface area contributed by atoms with Gasteiger partial charge in [-0.15, -0.1) is 0 Å². The van der Waals surface area contributed by atoms with Gasteiger partial charge in [-0.1, -0.05) is 6.07 Å². The van der Waals surface area contributed by atoms with Gasteiger partial charge in [0.1, 0.15) is 5.75 Å². The molecule has 35 heavy (non-hydrogen) atoms. The first-order valence-electron chi connectivity index (χ1n) is 10.3. The summed E-state index contributed by atoms with van der Waals surface area (Å²) in [6.07, 6.45) is 0. The highest BCUT2D eigenvalue weighted by atomic mass is 16.6. The highest BCUT2D eigenvalue weighted by molar-refractivity contribution is 6.05. The molecular formula is C25H23N3O7. The molecule has 180 valence electrons. The van der Waals surface area contributed by atoms with E-state index in [1.54, 1.807) is 36.4 Å². The average molecular weight is 477 g/mol. The number of hydrogen-bond donors (Lipinski definition) is 3. The molecule has 3 aromatic carbocycles. The number of anilines is 1. The molecule has 0 aliphatic rings. The molecule has 3 aromatic rings. The Morgan fingerprint density at radius 3 is 1.91 bits per heavy atom.